The molecule has 0 radical (unpaired) electrons. The van der Waals surface area contributed by atoms with Crippen LogP contribution in [0.2, 0.25) is 0 Å². The van der Waals surface area contributed by atoms with Gasteiger partial charge in [-0.15, -0.1) is 11.3 Å². The van der Waals surface area contributed by atoms with E-state index in [1.165, 1.54) is 11.3 Å². The van der Waals surface area contributed by atoms with Crippen LogP contribution >= 0.6 is 11.3 Å². The van der Waals surface area contributed by atoms with Gasteiger partial charge in [-0.25, -0.2) is 14.6 Å². The highest BCUT2D eigenvalue weighted by molar-refractivity contribution is 7.13. The number of thiazole rings is 1. The number of benzene rings is 1. The predicted octanol–water partition coefficient (Wildman–Crippen LogP) is 2.39. The second-order valence-corrected chi connectivity index (χ2v) is 5.31. The van der Waals surface area contributed by atoms with Crippen molar-refractivity contribution in [2.75, 3.05) is 5.32 Å². The van der Waals surface area contributed by atoms with Crippen LogP contribution in [0.3, 0.4) is 0 Å². The van der Waals surface area contributed by atoms with Gasteiger partial charge in [-0.3, -0.25) is 5.32 Å². The van der Waals surface area contributed by atoms with Crippen LogP contribution in [0.4, 0.5) is 9.93 Å². The van der Waals surface area contributed by atoms with E-state index in [1.807, 2.05) is 0 Å². The maximum Gasteiger partial charge on any atom is 0.335 e. The summed E-state index contributed by atoms with van der Waals surface area (Å²) >= 11 is 1.35. The van der Waals surface area contributed by atoms with Gasteiger partial charge in [0.05, 0.1) is 5.56 Å². The lowest BCUT2D eigenvalue weighted by Gasteiger charge is -2.14. The molecule has 1 aliphatic heterocycles. The molecule has 2 amide bonds. The van der Waals surface area contributed by atoms with Gasteiger partial charge in [0.2, 0.25) is 0 Å². The Morgan fingerprint density at radius 3 is 2.80 bits per heavy atom. The molecule has 2 heterocycles. The number of urea groups is 1. The number of amides is 2. The minimum absolute atomic E-state index is 0.229. The highest BCUT2D eigenvalue weighted by Gasteiger charge is 2.24. The summed E-state index contributed by atoms with van der Waals surface area (Å²) in [4.78, 5) is 28.6. The molecule has 0 saturated heterocycles. The van der Waals surface area contributed by atoms with Crippen LogP contribution in [0.5, 0.6) is 0 Å². The molecule has 0 spiro atoms. The molecule has 20 heavy (non-hydrogen) atoms. The third kappa shape index (κ3) is 2.35. The minimum Gasteiger partial charge on any atom is -0.478 e. The van der Waals surface area contributed by atoms with Crippen LogP contribution in [-0.4, -0.2) is 27.0 Å². The molecular formula is C13H11N3O3S. The van der Waals surface area contributed by atoms with Gasteiger partial charge in [0.25, 0.3) is 0 Å². The summed E-state index contributed by atoms with van der Waals surface area (Å²) in [6.45, 7) is 0.889. The highest BCUT2D eigenvalue weighted by atomic mass is 32.1. The summed E-state index contributed by atoms with van der Waals surface area (Å²) in [5.41, 5.74) is 2.09. The number of nitrogens with zero attached hydrogens (tertiary/aromatic N) is 2. The van der Waals surface area contributed by atoms with Gasteiger partial charge in [0, 0.05) is 24.7 Å². The van der Waals surface area contributed by atoms with Crippen LogP contribution in [0.15, 0.2) is 29.8 Å². The molecule has 1 aromatic heterocycles. The molecule has 0 unspecified atom stereocenters. The van der Waals surface area contributed by atoms with Gasteiger partial charge in [0.15, 0.2) is 5.13 Å². The number of anilines is 1. The molecule has 7 heteroatoms. The second-order valence-electron chi connectivity index (χ2n) is 4.41. The lowest BCUT2D eigenvalue weighted by atomic mass is 10.1. The summed E-state index contributed by atoms with van der Waals surface area (Å²) in [6.07, 6.45) is 1.62. The molecule has 0 fully saturated rings. The van der Waals surface area contributed by atoms with Gasteiger partial charge >= 0.3 is 12.0 Å². The maximum atomic E-state index is 12.1. The van der Waals surface area contributed by atoms with E-state index < -0.39 is 5.97 Å². The van der Waals surface area contributed by atoms with Crippen molar-refractivity contribution >= 4 is 28.5 Å². The normalized spacial score (nSPS) is 13.1. The summed E-state index contributed by atoms with van der Waals surface area (Å²) in [7, 11) is 0. The fraction of sp³-hybridized carbons (Fsp3) is 0.154. The number of carbonyl (C=O) groups excluding carboxylic acids is 1. The zero-order valence-corrected chi connectivity index (χ0v) is 11.2. The molecule has 102 valence electrons. The molecule has 0 bridgehead atoms. The van der Waals surface area contributed by atoms with Crippen LogP contribution in [-0.2, 0) is 13.1 Å². The lowest BCUT2D eigenvalue weighted by molar-refractivity contribution is 0.0696. The SMILES string of the molecule is O=C(O)c1ccc2c(c1)CN(C(=O)Nc1nccs1)C2. The average Bonchev–Trinajstić information content (AvgIpc) is 3.05. The van der Waals surface area contributed by atoms with Crippen LogP contribution < -0.4 is 5.32 Å². The number of hydrogen-bond donors (Lipinski definition) is 2. The fourth-order valence-corrected chi connectivity index (χ4v) is 2.65. The van der Waals surface area contributed by atoms with E-state index in [-0.39, 0.29) is 11.6 Å². The van der Waals surface area contributed by atoms with Gasteiger partial charge < -0.3 is 10.0 Å². The highest BCUT2D eigenvalue weighted by Crippen LogP contribution is 2.25. The second kappa shape index (κ2) is 4.93. The summed E-state index contributed by atoms with van der Waals surface area (Å²) < 4.78 is 0. The van der Waals surface area contributed by atoms with Gasteiger partial charge in [-0.05, 0) is 23.3 Å². The average molecular weight is 289 g/mol. The first-order chi connectivity index (χ1) is 9.63. The van der Waals surface area contributed by atoms with E-state index in [0.29, 0.717) is 18.2 Å². The zero-order valence-electron chi connectivity index (χ0n) is 10.4. The van der Waals surface area contributed by atoms with Gasteiger partial charge in [-0.2, -0.15) is 0 Å². The first kappa shape index (κ1) is 12.6. The smallest absolute Gasteiger partial charge is 0.335 e. The van der Waals surface area contributed by atoms with Crippen molar-refractivity contribution in [2.24, 2.45) is 0 Å². The van der Waals surface area contributed by atoms with E-state index in [2.05, 4.69) is 10.3 Å². The molecule has 6 nitrogen and oxygen atoms in total. The van der Waals surface area contributed by atoms with Crippen molar-refractivity contribution in [3.8, 4) is 0 Å². The monoisotopic (exact) mass is 289 g/mol. The van der Waals surface area contributed by atoms with Crippen LogP contribution in [0.1, 0.15) is 21.5 Å². The van der Waals surface area contributed by atoms with E-state index in [9.17, 15) is 9.59 Å². The van der Waals surface area contributed by atoms with E-state index >= 15 is 0 Å². The number of carboxylic acids is 1. The Hall–Kier alpha value is -2.41. The summed E-state index contributed by atoms with van der Waals surface area (Å²) in [5, 5.41) is 14.0. The topological polar surface area (TPSA) is 82.5 Å². The molecule has 0 atom stereocenters. The van der Waals surface area contributed by atoms with Gasteiger partial charge in [-0.1, -0.05) is 6.07 Å². The Balaban J connectivity index is 1.73. The third-order valence-electron chi connectivity index (χ3n) is 3.11. The van der Waals surface area contributed by atoms with Crippen molar-refractivity contribution in [1.29, 1.82) is 0 Å². The quantitative estimate of drug-likeness (QED) is 0.889. The Kier molecular flexibility index (Phi) is 3.11. The fourth-order valence-electron chi connectivity index (χ4n) is 2.13. The number of carbonyl (C=O) groups is 2. The Morgan fingerprint density at radius 2 is 2.10 bits per heavy atom. The number of nitrogens with one attached hydrogen (secondary N) is 1. The Morgan fingerprint density at radius 1 is 1.30 bits per heavy atom. The van der Waals surface area contributed by atoms with Crippen LogP contribution in [0, 0.1) is 0 Å². The molecule has 0 aliphatic carbocycles. The first-order valence-electron chi connectivity index (χ1n) is 5.94. The third-order valence-corrected chi connectivity index (χ3v) is 3.80. The number of aromatic nitrogens is 1. The molecule has 3 rings (SSSR count). The lowest BCUT2D eigenvalue weighted by Crippen LogP contribution is -2.30. The Labute approximate surface area is 118 Å². The van der Waals surface area contributed by atoms with Gasteiger partial charge in [0.1, 0.15) is 0 Å². The number of carboxylic acid groups (broad SMARTS) is 1. The summed E-state index contributed by atoms with van der Waals surface area (Å²) in [5.74, 6) is -0.960. The van der Waals surface area contributed by atoms with E-state index in [1.54, 1.807) is 34.7 Å². The van der Waals surface area contributed by atoms with E-state index in [0.717, 1.165) is 11.1 Å². The predicted molar refractivity (Wildman–Crippen MR) is 73.8 cm³/mol. The molecule has 2 aromatic rings. The summed E-state index contributed by atoms with van der Waals surface area (Å²) in [6, 6.07) is 4.71. The first-order valence-corrected chi connectivity index (χ1v) is 6.82. The minimum atomic E-state index is -0.960. The number of hydrogen-bond acceptors (Lipinski definition) is 4. The molecule has 1 aromatic carbocycles. The number of rotatable bonds is 2. The van der Waals surface area contributed by atoms with E-state index in [4.69, 9.17) is 5.11 Å². The van der Waals surface area contributed by atoms with Crippen molar-refractivity contribution < 1.29 is 14.7 Å². The standard InChI is InChI=1S/C13H11N3O3S/c17-11(18)8-1-2-9-6-16(7-10(9)5-8)13(19)15-12-14-3-4-20-12/h1-5H,6-7H2,(H,17,18)(H,14,15,19). The number of fused-ring (bicyclic) bond motifs is 1. The van der Waals surface area contributed by atoms with Crippen molar-refractivity contribution in [1.82, 2.24) is 9.88 Å². The number of aromatic carboxylic acids is 1. The van der Waals surface area contributed by atoms with Crippen molar-refractivity contribution in [2.45, 2.75) is 13.1 Å². The maximum absolute atomic E-state index is 12.1. The molecule has 0 saturated carbocycles. The van der Waals surface area contributed by atoms with Crippen LogP contribution in [0.25, 0.3) is 0 Å². The molecular weight excluding hydrogens is 278 g/mol. The van der Waals surface area contributed by atoms with Crippen molar-refractivity contribution in [3.63, 3.8) is 0 Å². The largest absolute Gasteiger partial charge is 0.478 e. The molecule has 1 aliphatic rings. The molecule has 2 N–H and O–H groups in total. The Bertz CT molecular complexity index is 670. The van der Waals surface area contributed by atoms with Crippen molar-refractivity contribution in [3.05, 3.63) is 46.5 Å². The zero-order chi connectivity index (χ0) is 14.1.